The van der Waals surface area contributed by atoms with Gasteiger partial charge in [0, 0.05) is 24.5 Å². The van der Waals surface area contributed by atoms with Gasteiger partial charge in [0.05, 0.1) is 18.1 Å². The van der Waals surface area contributed by atoms with Crippen LogP contribution in [0, 0.1) is 5.41 Å². The average Bonchev–Trinajstić information content (AvgIpc) is 3.38. The predicted octanol–water partition coefficient (Wildman–Crippen LogP) is 2.04. The first-order valence-corrected chi connectivity index (χ1v) is 9.29. The molecule has 30 heavy (non-hydrogen) atoms. The molecule has 152 valence electrons. The van der Waals surface area contributed by atoms with Gasteiger partial charge in [-0.25, -0.2) is 9.97 Å². The number of imidazole rings is 2. The lowest BCUT2D eigenvalue weighted by molar-refractivity contribution is -0.121. The fraction of sp³-hybridized carbons (Fsp3) is 0.143. The van der Waals surface area contributed by atoms with Crippen molar-refractivity contribution in [2.75, 3.05) is 7.11 Å². The van der Waals surface area contributed by atoms with Crippen LogP contribution in [0.1, 0.15) is 11.1 Å². The van der Waals surface area contributed by atoms with Gasteiger partial charge >= 0.3 is 0 Å². The monoisotopic (exact) mass is 403 g/mol. The van der Waals surface area contributed by atoms with Crippen LogP contribution in [-0.4, -0.2) is 38.4 Å². The SMILES string of the molecule is COc1ccc(CNC(=O)Cn2ccnc2-c2nc3ccc(C(=N)N)cc3[nH]2)cc1. The van der Waals surface area contributed by atoms with Crippen LogP contribution in [0.25, 0.3) is 22.7 Å². The fourth-order valence-electron chi connectivity index (χ4n) is 3.09. The average molecular weight is 403 g/mol. The van der Waals surface area contributed by atoms with E-state index in [0.29, 0.717) is 23.8 Å². The number of carbonyl (C=O) groups is 1. The van der Waals surface area contributed by atoms with E-state index in [1.165, 1.54) is 0 Å². The van der Waals surface area contributed by atoms with Crippen molar-refractivity contribution in [3.63, 3.8) is 0 Å². The number of rotatable bonds is 7. The summed E-state index contributed by atoms with van der Waals surface area (Å²) in [7, 11) is 1.61. The quantitative estimate of drug-likeness (QED) is 0.277. The van der Waals surface area contributed by atoms with E-state index >= 15 is 0 Å². The summed E-state index contributed by atoms with van der Waals surface area (Å²) in [6.07, 6.45) is 3.36. The Balaban J connectivity index is 1.46. The van der Waals surface area contributed by atoms with Crippen molar-refractivity contribution in [1.82, 2.24) is 24.8 Å². The molecule has 0 aliphatic rings. The Morgan fingerprint density at radius 1 is 1.27 bits per heavy atom. The second-order valence-electron chi connectivity index (χ2n) is 6.73. The first-order valence-electron chi connectivity index (χ1n) is 9.29. The summed E-state index contributed by atoms with van der Waals surface area (Å²) in [5, 5.41) is 10.5. The van der Waals surface area contributed by atoms with Gasteiger partial charge in [0.1, 0.15) is 18.1 Å². The van der Waals surface area contributed by atoms with Gasteiger partial charge in [-0.2, -0.15) is 0 Å². The molecule has 9 nitrogen and oxygen atoms in total. The standard InChI is InChI=1S/C21H21N7O2/c1-30-15-5-2-13(3-6-15)11-25-18(29)12-28-9-8-24-21(28)20-26-16-7-4-14(19(22)23)10-17(16)27-20/h2-10H,11-12H2,1H3,(H3,22,23)(H,25,29)(H,26,27). The summed E-state index contributed by atoms with van der Waals surface area (Å²) in [5.41, 5.74) is 8.62. The molecule has 0 radical (unpaired) electrons. The largest absolute Gasteiger partial charge is 0.497 e. The smallest absolute Gasteiger partial charge is 0.240 e. The van der Waals surface area contributed by atoms with Gasteiger partial charge in [0.2, 0.25) is 5.91 Å². The second kappa shape index (κ2) is 8.08. The number of aromatic nitrogens is 4. The number of nitrogens with two attached hydrogens (primary N) is 1. The number of aromatic amines is 1. The number of nitrogens with zero attached hydrogens (tertiary/aromatic N) is 3. The summed E-state index contributed by atoms with van der Waals surface area (Å²) in [4.78, 5) is 24.5. The van der Waals surface area contributed by atoms with Crippen LogP contribution in [0.5, 0.6) is 5.75 Å². The highest BCUT2D eigenvalue weighted by molar-refractivity contribution is 5.98. The Labute approximate surface area is 172 Å². The summed E-state index contributed by atoms with van der Waals surface area (Å²) in [6, 6.07) is 12.8. The van der Waals surface area contributed by atoms with E-state index < -0.39 is 0 Å². The molecule has 2 aromatic heterocycles. The Morgan fingerprint density at radius 3 is 2.80 bits per heavy atom. The van der Waals surface area contributed by atoms with Crippen LogP contribution in [0.15, 0.2) is 54.9 Å². The summed E-state index contributed by atoms with van der Waals surface area (Å²) < 4.78 is 6.87. The van der Waals surface area contributed by atoms with Crippen LogP contribution in [0.2, 0.25) is 0 Å². The van der Waals surface area contributed by atoms with E-state index in [0.717, 1.165) is 22.3 Å². The molecule has 0 aliphatic carbocycles. The first kappa shape index (κ1) is 19.2. The summed E-state index contributed by atoms with van der Waals surface area (Å²) in [6.45, 7) is 0.534. The van der Waals surface area contributed by atoms with Gasteiger partial charge < -0.3 is 25.3 Å². The number of carbonyl (C=O) groups excluding carboxylic acids is 1. The molecule has 2 heterocycles. The van der Waals surface area contributed by atoms with E-state index in [-0.39, 0.29) is 18.3 Å². The van der Waals surface area contributed by atoms with Crippen molar-refractivity contribution >= 4 is 22.8 Å². The maximum absolute atomic E-state index is 12.4. The van der Waals surface area contributed by atoms with Crippen LogP contribution in [0.4, 0.5) is 0 Å². The van der Waals surface area contributed by atoms with Crippen LogP contribution in [0.3, 0.4) is 0 Å². The molecular weight excluding hydrogens is 382 g/mol. The number of amides is 1. The molecule has 4 rings (SSSR count). The third kappa shape index (κ3) is 4.00. The topological polar surface area (TPSA) is 135 Å². The van der Waals surface area contributed by atoms with Crippen LogP contribution in [-0.2, 0) is 17.9 Å². The summed E-state index contributed by atoms with van der Waals surface area (Å²) in [5.74, 6) is 1.71. The predicted molar refractivity (Wildman–Crippen MR) is 113 cm³/mol. The zero-order valence-corrected chi connectivity index (χ0v) is 16.3. The van der Waals surface area contributed by atoms with E-state index in [4.69, 9.17) is 15.9 Å². The zero-order valence-electron chi connectivity index (χ0n) is 16.3. The van der Waals surface area contributed by atoms with Crippen molar-refractivity contribution in [1.29, 1.82) is 5.41 Å². The number of fused-ring (bicyclic) bond motifs is 1. The van der Waals surface area contributed by atoms with E-state index in [1.54, 1.807) is 42.3 Å². The van der Waals surface area contributed by atoms with E-state index in [2.05, 4.69) is 20.3 Å². The van der Waals surface area contributed by atoms with Gasteiger partial charge in [-0.15, -0.1) is 0 Å². The highest BCUT2D eigenvalue weighted by Crippen LogP contribution is 2.20. The third-order valence-corrected chi connectivity index (χ3v) is 4.68. The van der Waals surface area contributed by atoms with Crippen LogP contribution < -0.4 is 15.8 Å². The molecule has 0 bridgehead atoms. The van der Waals surface area contributed by atoms with Crippen molar-refractivity contribution in [2.24, 2.45) is 5.73 Å². The minimum atomic E-state index is -0.139. The Morgan fingerprint density at radius 2 is 2.07 bits per heavy atom. The van der Waals surface area contributed by atoms with E-state index in [1.807, 2.05) is 24.3 Å². The first-order chi connectivity index (χ1) is 14.5. The molecule has 1 amide bonds. The number of amidine groups is 1. The lowest BCUT2D eigenvalue weighted by Gasteiger charge is -2.08. The highest BCUT2D eigenvalue weighted by atomic mass is 16.5. The maximum Gasteiger partial charge on any atom is 0.240 e. The molecule has 0 spiro atoms. The highest BCUT2D eigenvalue weighted by Gasteiger charge is 2.14. The minimum Gasteiger partial charge on any atom is -0.497 e. The number of nitrogen functional groups attached to an aromatic ring is 1. The molecular formula is C21H21N7O2. The molecule has 0 unspecified atom stereocenters. The number of benzene rings is 2. The van der Waals surface area contributed by atoms with Crippen molar-refractivity contribution < 1.29 is 9.53 Å². The molecule has 0 fully saturated rings. The normalized spacial score (nSPS) is 10.8. The number of methoxy groups -OCH3 is 1. The molecule has 2 aromatic carbocycles. The Kier molecular flexibility index (Phi) is 5.17. The lowest BCUT2D eigenvalue weighted by Crippen LogP contribution is -2.27. The van der Waals surface area contributed by atoms with Crippen molar-refractivity contribution in [2.45, 2.75) is 13.1 Å². The second-order valence-corrected chi connectivity index (χ2v) is 6.73. The third-order valence-electron chi connectivity index (χ3n) is 4.68. The number of nitrogens with one attached hydrogen (secondary N) is 3. The number of ether oxygens (including phenoxy) is 1. The van der Waals surface area contributed by atoms with E-state index in [9.17, 15) is 4.79 Å². The van der Waals surface area contributed by atoms with Crippen LogP contribution >= 0.6 is 0 Å². The minimum absolute atomic E-state index is 0.0110. The van der Waals surface area contributed by atoms with Gasteiger partial charge in [0.15, 0.2) is 11.6 Å². The fourth-order valence-corrected chi connectivity index (χ4v) is 3.09. The number of H-pyrrole nitrogens is 1. The molecule has 0 atom stereocenters. The molecule has 4 aromatic rings. The van der Waals surface area contributed by atoms with Crippen molar-refractivity contribution in [3.8, 4) is 17.4 Å². The van der Waals surface area contributed by atoms with Gasteiger partial charge in [-0.05, 0) is 35.9 Å². The maximum atomic E-state index is 12.4. The van der Waals surface area contributed by atoms with Crippen molar-refractivity contribution in [3.05, 3.63) is 66.0 Å². The Hall–Kier alpha value is -4.14. The van der Waals surface area contributed by atoms with Gasteiger partial charge in [0.25, 0.3) is 0 Å². The number of hydrogen-bond acceptors (Lipinski definition) is 5. The van der Waals surface area contributed by atoms with Gasteiger partial charge in [-0.1, -0.05) is 12.1 Å². The lowest BCUT2D eigenvalue weighted by atomic mass is 10.2. The number of hydrogen-bond donors (Lipinski definition) is 4. The molecule has 0 saturated carbocycles. The molecule has 9 heteroatoms. The molecule has 0 aliphatic heterocycles. The Bertz CT molecular complexity index is 1210. The summed E-state index contributed by atoms with van der Waals surface area (Å²) >= 11 is 0. The molecule has 0 saturated heterocycles. The van der Waals surface area contributed by atoms with Gasteiger partial charge in [-0.3, -0.25) is 10.2 Å². The molecule has 5 N–H and O–H groups in total. The zero-order chi connectivity index (χ0) is 21.1.